The molecule has 0 N–H and O–H groups in total. The van der Waals surface area contributed by atoms with E-state index in [-0.39, 0.29) is 5.82 Å². The van der Waals surface area contributed by atoms with Crippen LogP contribution in [0.2, 0.25) is 0 Å². The third kappa shape index (κ3) is 1.79. The van der Waals surface area contributed by atoms with Crippen LogP contribution in [0.3, 0.4) is 0 Å². The van der Waals surface area contributed by atoms with Crippen molar-refractivity contribution in [2.45, 2.75) is 19.1 Å². The monoisotopic (exact) mass is 196 g/mol. The van der Waals surface area contributed by atoms with Gasteiger partial charge in [-0.05, 0) is 25.5 Å². The molecule has 2 nitrogen and oxygen atoms in total. The average molecular weight is 196 g/mol. The van der Waals surface area contributed by atoms with E-state index in [1.54, 1.807) is 12.1 Å². The van der Waals surface area contributed by atoms with Crippen LogP contribution in [-0.2, 0) is 15.3 Å². The van der Waals surface area contributed by atoms with Crippen molar-refractivity contribution in [2.75, 3.05) is 13.2 Å². The first-order valence-electron chi connectivity index (χ1n) is 4.75. The minimum absolute atomic E-state index is 0.242. The van der Waals surface area contributed by atoms with Crippen LogP contribution >= 0.6 is 0 Å². The fraction of sp³-hybridized carbons (Fsp3) is 0.455. The molecule has 0 aliphatic carbocycles. The van der Waals surface area contributed by atoms with Crippen LogP contribution in [0.4, 0.5) is 4.39 Å². The highest BCUT2D eigenvalue weighted by Crippen LogP contribution is 2.29. The van der Waals surface area contributed by atoms with Crippen LogP contribution in [0.15, 0.2) is 24.3 Å². The van der Waals surface area contributed by atoms with E-state index in [2.05, 4.69) is 0 Å². The van der Waals surface area contributed by atoms with Gasteiger partial charge in [0, 0.05) is 5.56 Å². The zero-order chi connectivity index (χ0) is 10.0. The molecule has 1 aromatic rings. The van der Waals surface area contributed by atoms with Crippen LogP contribution in [0.5, 0.6) is 0 Å². The minimum Gasteiger partial charge on any atom is -0.346 e. The van der Waals surface area contributed by atoms with E-state index in [1.807, 2.05) is 6.92 Å². The van der Waals surface area contributed by atoms with Gasteiger partial charge < -0.3 is 9.47 Å². The molecule has 0 atom stereocenters. The molecule has 1 saturated heterocycles. The zero-order valence-electron chi connectivity index (χ0n) is 8.13. The first kappa shape index (κ1) is 9.62. The summed E-state index contributed by atoms with van der Waals surface area (Å²) in [4.78, 5) is 0. The van der Waals surface area contributed by atoms with E-state index in [4.69, 9.17) is 9.47 Å². The first-order chi connectivity index (χ1) is 6.71. The number of hydrogen-bond donors (Lipinski definition) is 0. The van der Waals surface area contributed by atoms with Crippen LogP contribution in [0.25, 0.3) is 0 Å². The van der Waals surface area contributed by atoms with Gasteiger partial charge in [0.25, 0.3) is 0 Å². The molecule has 1 heterocycles. The summed E-state index contributed by atoms with van der Waals surface area (Å²) in [5.41, 5.74) is 0.860. The van der Waals surface area contributed by atoms with E-state index in [9.17, 15) is 4.39 Å². The summed E-state index contributed by atoms with van der Waals surface area (Å²) in [6, 6.07) is 6.23. The summed E-state index contributed by atoms with van der Waals surface area (Å²) >= 11 is 0. The Kier molecular flexibility index (Phi) is 2.52. The normalized spacial score (nSPS) is 20.7. The standard InChI is InChI=1S/C11H13FO2/c1-11(13-7-2-8-14-11)9-3-5-10(12)6-4-9/h3-6H,2,7-8H2,1H3. The van der Waals surface area contributed by atoms with Gasteiger partial charge >= 0.3 is 0 Å². The molecule has 0 bridgehead atoms. The predicted octanol–water partition coefficient (Wildman–Crippen LogP) is 2.44. The number of ether oxygens (including phenoxy) is 2. The Labute approximate surface area is 82.6 Å². The molecule has 0 saturated carbocycles. The Morgan fingerprint density at radius 1 is 1.14 bits per heavy atom. The predicted molar refractivity (Wildman–Crippen MR) is 50.3 cm³/mol. The molecule has 1 aliphatic rings. The highest BCUT2D eigenvalue weighted by molar-refractivity contribution is 5.20. The lowest BCUT2D eigenvalue weighted by Crippen LogP contribution is -2.34. The fourth-order valence-corrected chi connectivity index (χ4v) is 1.55. The molecule has 1 aromatic carbocycles. The lowest BCUT2D eigenvalue weighted by atomic mass is 10.1. The van der Waals surface area contributed by atoms with Gasteiger partial charge in [-0.15, -0.1) is 0 Å². The molecule has 0 spiro atoms. The Morgan fingerprint density at radius 3 is 2.29 bits per heavy atom. The van der Waals surface area contributed by atoms with Gasteiger partial charge in [0.1, 0.15) is 5.82 Å². The van der Waals surface area contributed by atoms with Crippen LogP contribution in [0, 0.1) is 5.82 Å². The lowest BCUT2D eigenvalue weighted by Gasteiger charge is -2.34. The molecule has 14 heavy (non-hydrogen) atoms. The van der Waals surface area contributed by atoms with Gasteiger partial charge in [-0.2, -0.15) is 0 Å². The number of hydrogen-bond acceptors (Lipinski definition) is 2. The highest BCUT2D eigenvalue weighted by atomic mass is 19.1. The van der Waals surface area contributed by atoms with Crippen LogP contribution in [-0.4, -0.2) is 13.2 Å². The summed E-state index contributed by atoms with van der Waals surface area (Å²) in [7, 11) is 0. The molecule has 1 fully saturated rings. The molecule has 1 aliphatic heterocycles. The van der Waals surface area contributed by atoms with Crippen molar-refractivity contribution in [1.82, 2.24) is 0 Å². The third-order valence-electron chi connectivity index (χ3n) is 2.41. The smallest absolute Gasteiger partial charge is 0.191 e. The Bertz CT molecular complexity index is 302. The zero-order valence-corrected chi connectivity index (χ0v) is 8.13. The molecule has 2 rings (SSSR count). The highest BCUT2D eigenvalue weighted by Gasteiger charge is 2.30. The van der Waals surface area contributed by atoms with Crippen molar-refractivity contribution >= 4 is 0 Å². The second-order valence-corrected chi connectivity index (χ2v) is 3.50. The van der Waals surface area contributed by atoms with Crippen molar-refractivity contribution in [1.29, 1.82) is 0 Å². The lowest BCUT2D eigenvalue weighted by molar-refractivity contribution is -0.264. The van der Waals surface area contributed by atoms with E-state index < -0.39 is 5.79 Å². The maximum absolute atomic E-state index is 12.7. The van der Waals surface area contributed by atoms with Gasteiger partial charge in [-0.25, -0.2) is 4.39 Å². The summed E-state index contributed by atoms with van der Waals surface area (Å²) < 4.78 is 23.8. The first-order valence-corrected chi connectivity index (χ1v) is 4.75. The molecule has 76 valence electrons. The Morgan fingerprint density at radius 2 is 1.71 bits per heavy atom. The fourth-order valence-electron chi connectivity index (χ4n) is 1.55. The third-order valence-corrected chi connectivity index (χ3v) is 2.41. The number of benzene rings is 1. The SMILES string of the molecule is CC1(c2ccc(F)cc2)OCCCO1. The van der Waals surface area contributed by atoms with Crippen molar-refractivity contribution in [3.8, 4) is 0 Å². The van der Waals surface area contributed by atoms with E-state index in [0.717, 1.165) is 12.0 Å². The summed E-state index contributed by atoms with van der Waals surface area (Å²) in [6.45, 7) is 3.24. The topological polar surface area (TPSA) is 18.5 Å². The molecular formula is C11H13FO2. The Hall–Kier alpha value is -0.930. The minimum atomic E-state index is -0.702. The maximum atomic E-state index is 12.7. The summed E-state index contributed by atoms with van der Waals surface area (Å²) in [6.07, 6.45) is 0.913. The van der Waals surface area contributed by atoms with E-state index in [0.29, 0.717) is 13.2 Å². The second-order valence-electron chi connectivity index (χ2n) is 3.50. The molecule has 0 radical (unpaired) electrons. The molecule has 0 amide bonds. The van der Waals surface area contributed by atoms with Crippen LogP contribution < -0.4 is 0 Å². The average Bonchev–Trinajstić information content (AvgIpc) is 2.19. The summed E-state index contributed by atoms with van der Waals surface area (Å²) in [5, 5.41) is 0. The van der Waals surface area contributed by atoms with Gasteiger partial charge in [-0.3, -0.25) is 0 Å². The van der Waals surface area contributed by atoms with Crippen molar-refractivity contribution in [2.24, 2.45) is 0 Å². The van der Waals surface area contributed by atoms with Crippen molar-refractivity contribution < 1.29 is 13.9 Å². The van der Waals surface area contributed by atoms with Crippen LogP contribution in [0.1, 0.15) is 18.9 Å². The molecular weight excluding hydrogens is 183 g/mol. The quantitative estimate of drug-likeness (QED) is 0.686. The second kappa shape index (κ2) is 3.67. The van der Waals surface area contributed by atoms with E-state index in [1.165, 1.54) is 12.1 Å². The van der Waals surface area contributed by atoms with Gasteiger partial charge in [0.2, 0.25) is 0 Å². The Balaban J connectivity index is 2.23. The maximum Gasteiger partial charge on any atom is 0.191 e. The molecule has 0 aromatic heterocycles. The van der Waals surface area contributed by atoms with Gasteiger partial charge in [0.15, 0.2) is 5.79 Å². The van der Waals surface area contributed by atoms with Gasteiger partial charge in [0.05, 0.1) is 13.2 Å². The van der Waals surface area contributed by atoms with E-state index >= 15 is 0 Å². The van der Waals surface area contributed by atoms with Crippen molar-refractivity contribution in [3.05, 3.63) is 35.6 Å². The number of halogens is 1. The largest absolute Gasteiger partial charge is 0.346 e. The molecule has 3 heteroatoms. The van der Waals surface area contributed by atoms with Gasteiger partial charge in [-0.1, -0.05) is 12.1 Å². The molecule has 0 unspecified atom stereocenters. The summed E-state index contributed by atoms with van der Waals surface area (Å²) in [5.74, 6) is -0.945. The number of rotatable bonds is 1. The van der Waals surface area contributed by atoms with Crippen molar-refractivity contribution in [3.63, 3.8) is 0 Å².